The summed E-state index contributed by atoms with van der Waals surface area (Å²) < 4.78 is 18.1. The summed E-state index contributed by atoms with van der Waals surface area (Å²) in [6.45, 7) is 5.95. The molecular formula is C31H32ClN3O6. The molecule has 0 spiro atoms. The number of nitrogens with zero attached hydrogens (tertiary/aromatic N) is 2. The van der Waals surface area contributed by atoms with Gasteiger partial charge < -0.3 is 19.5 Å². The summed E-state index contributed by atoms with van der Waals surface area (Å²) in [5.41, 5.74) is 0.883. The van der Waals surface area contributed by atoms with Crippen molar-refractivity contribution in [2.75, 3.05) is 19.0 Å². The molecule has 0 bridgehead atoms. The number of amides is 1. The molecule has 1 amide bonds. The van der Waals surface area contributed by atoms with Gasteiger partial charge in [0, 0.05) is 40.9 Å². The SMILES string of the molecule is COc1cn(C(C[C@H]2CCCO2)C(=O)Nc2ccc(C(=O)OC(C)(C)C)cc2)c(=O)cc1-c1cc(Cl)ccc1C#N. The van der Waals surface area contributed by atoms with Crippen LogP contribution in [0.25, 0.3) is 11.1 Å². The number of carbonyl (C=O) groups is 2. The number of anilines is 1. The molecule has 10 heteroatoms. The molecule has 1 N–H and O–H groups in total. The number of aromatic nitrogens is 1. The maximum atomic E-state index is 13.6. The van der Waals surface area contributed by atoms with Gasteiger partial charge in [-0.3, -0.25) is 14.2 Å². The topological polar surface area (TPSA) is 120 Å². The van der Waals surface area contributed by atoms with Gasteiger partial charge in [-0.05, 0) is 76.1 Å². The molecule has 0 radical (unpaired) electrons. The maximum Gasteiger partial charge on any atom is 0.338 e. The minimum Gasteiger partial charge on any atom is -0.495 e. The van der Waals surface area contributed by atoms with Crippen LogP contribution in [0.4, 0.5) is 5.69 Å². The zero-order chi connectivity index (χ0) is 29.7. The van der Waals surface area contributed by atoms with Crippen molar-refractivity contribution in [3.8, 4) is 22.9 Å². The van der Waals surface area contributed by atoms with Crippen molar-refractivity contribution in [3.05, 3.63) is 81.2 Å². The molecule has 9 nitrogen and oxygen atoms in total. The second kappa shape index (κ2) is 12.6. The first-order valence-corrected chi connectivity index (χ1v) is 13.6. The van der Waals surface area contributed by atoms with Gasteiger partial charge in [0.15, 0.2) is 0 Å². The Morgan fingerprint density at radius 2 is 1.90 bits per heavy atom. The molecule has 1 fully saturated rings. The lowest BCUT2D eigenvalue weighted by Gasteiger charge is -2.24. The van der Waals surface area contributed by atoms with Crippen LogP contribution in [0.1, 0.15) is 62.0 Å². The molecule has 2 heterocycles. The van der Waals surface area contributed by atoms with Gasteiger partial charge in [0.25, 0.3) is 5.56 Å². The number of methoxy groups -OCH3 is 1. The fourth-order valence-electron chi connectivity index (χ4n) is 4.66. The second-order valence-corrected chi connectivity index (χ2v) is 11.2. The van der Waals surface area contributed by atoms with E-state index in [4.69, 9.17) is 25.8 Å². The highest BCUT2D eigenvalue weighted by molar-refractivity contribution is 6.31. The number of pyridine rings is 1. The standard InChI is InChI=1S/C31H32ClN3O6/c1-31(2,3)41-30(38)19-8-11-22(12-9-19)34-29(37)26(15-23-6-5-13-40-23)35-18-27(39-4)25(16-28(35)36)24-14-21(32)10-7-20(24)17-33/h7-12,14,16,18,23,26H,5-6,13,15H2,1-4H3,(H,34,37)/t23-,26?/m1/s1. The van der Waals surface area contributed by atoms with Crippen LogP contribution < -0.4 is 15.6 Å². The zero-order valence-electron chi connectivity index (χ0n) is 23.4. The molecular weight excluding hydrogens is 546 g/mol. The highest BCUT2D eigenvalue weighted by Crippen LogP contribution is 2.34. The average molecular weight is 578 g/mol. The zero-order valence-corrected chi connectivity index (χ0v) is 24.2. The summed E-state index contributed by atoms with van der Waals surface area (Å²) in [6.07, 6.45) is 3.19. The van der Waals surface area contributed by atoms with E-state index >= 15 is 0 Å². The van der Waals surface area contributed by atoms with Gasteiger partial charge in [0.05, 0.1) is 36.6 Å². The van der Waals surface area contributed by atoms with Crippen LogP contribution in [0.3, 0.4) is 0 Å². The summed E-state index contributed by atoms with van der Waals surface area (Å²) in [4.78, 5) is 39.5. The Labute approximate surface area is 243 Å². The van der Waals surface area contributed by atoms with E-state index < -0.39 is 29.1 Å². The van der Waals surface area contributed by atoms with Crippen LogP contribution in [0.5, 0.6) is 5.75 Å². The Hall–Kier alpha value is -4.13. The quantitative estimate of drug-likeness (QED) is 0.338. The highest BCUT2D eigenvalue weighted by atomic mass is 35.5. The van der Waals surface area contributed by atoms with E-state index in [1.54, 1.807) is 63.2 Å². The monoisotopic (exact) mass is 577 g/mol. The van der Waals surface area contributed by atoms with E-state index in [1.807, 2.05) is 0 Å². The number of esters is 1. The number of nitrogens with one attached hydrogen (secondary N) is 1. The number of nitriles is 1. The summed E-state index contributed by atoms with van der Waals surface area (Å²) in [6, 6.07) is 13.7. The van der Waals surface area contributed by atoms with Crippen molar-refractivity contribution in [2.24, 2.45) is 0 Å². The minimum absolute atomic E-state index is 0.198. The van der Waals surface area contributed by atoms with Gasteiger partial charge in [-0.2, -0.15) is 5.26 Å². The second-order valence-electron chi connectivity index (χ2n) is 10.8. The number of hydrogen-bond acceptors (Lipinski definition) is 7. The third-order valence-corrected chi connectivity index (χ3v) is 6.83. The molecule has 214 valence electrons. The van der Waals surface area contributed by atoms with Crippen molar-refractivity contribution in [1.29, 1.82) is 5.26 Å². The van der Waals surface area contributed by atoms with Crippen molar-refractivity contribution < 1.29 is 23.8 Å². The van der Waals surface area contributed by atoms with Gasteiger partial charge in [0.1, 0.15) is 17.4 Å². The fourth-order valence-corrected chi connectivity index (χ4v) is 4.83. The number of ether oxygens (including phenoxy) is 3. The lowest BCUT2D eigenvalue weighted by Crippen LogP contribution is -2.35. The number of halogens is 1. The Bertz CT molecular complexity index is 1530. The summed E-state index contributed by atoms with van der Waals surface area (Å²) in [5, 5.41) is 12.9. The number of carbonyl (C=O) groups excluding carboxylic acids is 2. The van der Waals surface area contributed by atoms with Crippen LogP contribution in [0, 0.1) is 11.3 Å². The van der Waals surface area contributed by atoms with Crippen LogP contribution >= 0.6 is 11.6 Å². The van der Waals surface area contributed by atoms with E-state index in [0.29, 0.717) is 45.3 Å². The first-order valence-electron chi connectivity index (χ1n) is 13.2. The molecule has 3 aromatic rings. The predicted molar refractivity (Wildman–Crippen MR) is 155 cm³/mol. The van der Waals surface area contributed by atoms with Crippen LogP contribution in [0.15, 0.2) is 59.5 Å². The molecule has 41 heavy (non-hydrogen) atoms. The lowest BCUT2D eigenvalue weighted by atomic mass is 9.99. The Kier molecular flexibility index (Phi) is 9.16. The Morgan fingerprint density at radius 1 is 1.17 bits per heavy atom. The first-order chi connectivity index (χ1) is 19.5. The molecule has 0 aliphatic carbocycles. The van der Waals surface area contributed by atoms with Gasteiger partial charge in [-0.15, -0.1) is 0 Å². The van der Waals surface area contributed by atoms with Crippen molar-refractivity contribution >= 4 is 29.2 Å². The predicted octanol–water partition coefficient (Wildman–Crippen LogP) is 5.75. The molecule has 1 aliphatic heterocycles. The third kappa shape index (κ3) is 7.34. The normalized spacial score (nSPS) is 15.6. The Morgan fingerprint density at radius 3 is 2.51 bits per heavy atom. The van der Waals surface area contributed by atoms with Gasteiger partial charge >= 0.3 is 5.97 Å². The summed E-state index contributed by atoms with van der Waals surface area (Å²) >= 11 is 6.18. The van der Waals surface area contributed by atoms with E-state index in [0.717, 1.165) is 12.8 Å². The third-order valence-electron chi connectivity index (χ3n) is 6.59. The average Bonchev–Trinajstić information content (AvgIpc) is 3.44. The Balaban J connectivity index is 1.66. The maximum absolute atomic E-state index is 13.6. The van der Waals surface area contributed by atoms with Crippen LogP contribution in [-0.4, -0.2) is 41.9 Å². The number of rotatable bonds is 8. The molecule has 0 saturated carbocycles. The molecule has 2 aromatic carbocycles. The smallest absolute Gasteiger partial charge is 0.338 e. The number of benzene rings is 2. The molecule has 1 saturated heterocycles. The molecule has 4 rings (SSSR count). The lowest BCUT2D eigenvalue weighted by molar-refractivity contribution is -0.120. The van der Waals surface area contributed by atoms with Crippen LogP contribution in [0.2, 0.25) is 5.02 Å². The van der Waals surface area contributed by atoms with Gasteiger partial charge in [-0.1, -0.05) is 11.6 Å². The van der Waals surface area contributed by atoms with Crippen molar-refractivity contribution in [3.63, 3.8) is 0 Å². The molecule has 1 unspecified atom stereocenters. The van der Waals surface area contributed by atoms with Gasteiger partial charge in [0.2, 0.25) is 5.91 Å². The van der Waals surface area contributed by atoms with Gasteiger partial charge in [-0.25, -0.2) is 4.79 Å². The van der Waals surface area contributed by atoms with E-state index in [2.05, 4.69) is 11.4 Å². The summed E-state index contributed by atoms with van der Waals surface area (Å²) in [7, 11) is 1.45. The molecule has 1 aliphatic rings. The van der Waals surface area contributed by atoms with E-state index in [-0.39, 0.29) is 12.5 Å². The highest BCUT2D eigenvalue weighted by Gasteiger charge is 2.29. The minimum atomic E-state index is -0.922. The fraction of sp³-hybridized carbons (Fsp3) is 0.355. The summed E-state index contributed by atoms with van der Waals surface area (Å²) in [5.74, 6) is -0.595. The number of hydrogen-bond donors (Lipinski definition) is 1. The van der Waals surface area contributed by atoms with E-state index in [9.17, 15) is 19.6 Å². The van der Waals surface area contributed by atoms with Crippen molar-refractivity contribution in [2.45, 2.75) is 57.8 Å². The first kappa shape index (κ1) is 29.8. The largest absolute Gasteiger partial charge is 0.495 e. The van der Waals surface area contributed by atoms with Crippen LogP contribution in [-0.2, 0) is 14.3 Å². The van der Waals surface area contributed by atoms with E-state index in [1.165, 1.54) is 23.9 Å². The van der Waals surface area contributed by atoms with Crippen molar-refractivity contribution in [1.82, 2.24) is 4.57 Å². The molecule has 2 atom stereocenters. The molecule has 1 aromatic heterocycles.